The van der Waals surface area contributed by atoms with Crippen LogP contribution in [0.1, 0.15) is 29.7 Å². The van der Waals surface area contributed by atoms with Crippen LogP contribution in [0.25, 0.3) is 5.69 Å². The predicted octanol–water partition coefficient (Wildman–Crippen LogP) is 5.82. The quantitative estimate of drug-likeness (QED) is 0.339. The molecular weight excluding hydrogens is 505 g/mol. The van der Waals surface area contributed by atoms with Gasteiger partial charge in [0.05, 0.1) is 40.3 Å². The van der Waals surface area contributed by atoms with E-state index in [0.717, 1.165) is 29.0 Å². The maximum atomic E-state index is 11.5. The van der Waals surface area contributed by atoms with Gasteiger partial charge in [-0.05, 0) is 60.5 Å². The summed E-state index contributed by atoms with van der Waals surface area (Å²) in [5.74, 6) is 0. The van der Waals surface area contributed by atoms with Crippen molar-refractivity contribution in [3.63, 3.8) is 0 Å². The van der Waals surface area contributed by atoms with E-state index in [0.29, 0.717) is 35.2 Å². The summed E-state index contributed by atoms with van der Waals surface area (Å²) in [6, 6.07) is 23.4. The van der Waals surface area contributed by atoms with Crippen LogP contribution in [0.2, 0.25) is 10.0 Å². The first-order valence-corrected chi connectivity index (χ1v) is 12.8. The van der Waals surface area contributed by atoms with Gasteiger partial charge in [0.1, 0.15) is 0 Å². The van der Waals surface area contributed by atoms with Crippen molar-refractivity contribution in [2.45, 2.75) is 18.6 Å². The van der Waals surface area contributed by atoms with Gasteiger partial charge in [-0.2, -0.15) is 5.26 Å². The smallest absolute Gasteiger partial charge is 0.0994 e. The summed E-state index contributed by atoms with van der Waals surface area (Å²) in [6.07, 6.45) is 5.39. The highest BCUT2D eigenvalue weighted by Crippen LogP contribution is 2.37. The zero-order valence-electron chi connectivity index (χ0n) is 20.4. The third kappa shape index (κ3) is 5.51. The van der Waals surface area contributed by atoms with Gasteiger partial charge in [0, 0.05) is 49.3 Å². The third-order valence-electron chi connectivity index (χ3n) is 6.93. The van der Waals surface area contributed by atoms with Gasteiger partial charge < -0.3 is 14.6 Å². The normalized spacial score (nSPS) is 17.8. The largest absolute Gasteiger partial charge is 0.384 e. The number of β-amino-alcohol motifs (C(OH)–C–C–N with tert-alkyl or cyclic N) is 1. The van der Waals surface area contributed by atoms with Gasteiger partial charge in [0.2, 0.25) is 0 Å². The molecule has 5 rings (SSSR count). The Kier molecular flexibility index (Phi) is 7.23. The molecule has 0 saturated carbocycles. The fourth-order valence-corrected chi connectivity index (χ4v) is 5.40. The van der Waals surface area contributed by atoms with Gasteiger partial charge in [0.25, 0.3) is 0 Å². The summed E-state index contributed by atoms with van der Waals surface area (Å²) < 4.78 is 1.93. The van der Waals surface area contributed by atoms with Crippen molar-refractivity contribution >= 4 is 28.9 Å². The molecule has 37 heavy (non-hydrogen) atoms. The van der Waals surface area contributed by atoms with Gasteiger partial charge in [-0.25, -0.2) is 4.98 Å². The van der Waals surface area contributed by atoms with Crippen LogP contribution in [0, 0.1) is 11.3 Å². The van der Waals surface area contributed by atoms with Crippen molar-refractivity contribution in [2.24, 2.45) is 0 Å². The molecule has 0 bridgehead atoms. The van der Waals surface area contributed by atoms with Crippen LogP contribution in [0.3, 0.4) is 0 Å². The second-order valence-corrected chi connectivity index (χ2v) is 10.4. The number of rotatable bonds is 6. The van der Waals surface area contributed by atoms with Crippen LogP contribution in [-0.2, 0) is 5.60 Å². The highest BCUT2D eigenvalue weighted by molar-refractivity contribution is 6.33. The van der Waals surface area contributed by atoms with Crippen molar-refractivity contribution in [3.8, 4) is 11.8 Å². The first-order valence-electron chi connectivity index (χ1n) is 12.1. The Hall–Kier alpha value is -3.34. The molecule has 0 amide bonds. The molecule has 3 aromatic carbocycles. The SMILES string of the molecule is CC(O)(CN1CCN(c2ccc(C#N)cc2Cl)[C@H](c2ccc(Cl)cc2)C1)c1ccc(-n2ccnc2)cc1. The molecule has 0 radical (unpaired) electrons. The Labute approximate surface area is 226 Å². The van der Waals surface area contributed by atoms with E-state index in [2.05, 4.69) is 20.9 Å². The Bertz CT molecular complexity index is 1400. The number of aliphatic hydroxyl groups is 1. The van der Waals surface area contributed by atoms with Gasteiger partial charge in [0.15, 0.2) is 0 Å². The van der Waals surface area contributed by atoms with E-state index in [4.69, 9.17) is 23.2 Å². The molecule has 2 atom stereocenters. The Morgan fingerprint density at radius 3 is 2.46 bits per heavy atom. The number of piperazine rings is 1. The topological polar surface area (TPSA) is 68.3 Å². The van der Waals surface area contributed by atoms with Crippen LogP contribution in [0.4, 0.5) is 5.69 Å². The molecule has 8 heteroatoms. The van der Waals surface area contributed by atoms with Crippen LogP contribution in [0.15, 0.2) is 85.5 Å². The van der Waals surface area contributed by atoms with E-state index < -0.39 is 5.60 Å². The summed E-state index contributed by atoms with van der Waals surface area (Å²) in [6.45, 7) is 4.51. The third-order valence-corrected chi connectivity index (χ3v) is 7.48. The number of aromatic nitrogens is 2. The number of imidazole rings is 1. The lowest BCUT2D eigenvalue weighted by Crippen LogP contribution is -2.52. The second-order valence-electron chi connectivity index (χ2n) is 9.56. The van der Waals surface area contributed by atoms with Crippen molar-refractivity contribution < 1.29 is 5.11 Å². The summed E-state index contributed by atoms with van der Waals surface area (Å²) in [5, 5.41) is 22.0. The number of hydrogen-bond acceptors (Lipinski definition) is 5. The summed E-state index contributed by atoms with van der Waals surface area (Å²) in [5.41, 5.74) is 3.35. The van der Waals surface area contributed by atoms with E-state index in [1.807, 2.05) is 72.3 Å². The maximum Gasteiger partial charge on any atom is 0.0994 e. The van der Waals surface area contributed by atoms with E-state index in [1.165, 1.54) is 0 Å². The molecule has 6 nitrogen and oxygen atoms in total. The minimum atomic E-state index is -1.04. The molecule has 1 fully saturated rings. The first-order chi connectivity index (χ1) is 17.8. The molecule has 1 N–H and O–H groups in total. The molecule has 1 aromatic heterocycles. The molecule has 1 unspecified atom stereocenters. The minimum absolute atomic E-state index is 0.00382. The average molecular weight is 532 g/mol. The highest BCUT2D eigenvalue weighted by Gasteiger charge is 2.34. The summed E-state index contributed by atoms with van der Waals surface area (Å²) in [4.78, 5) is 8.66. The fourth-order valence-electron chi connectivity index (χ4n) is 4.98. The van der Waals surface area contributed by atoms with Gasteiger partial charge in [-0.1, -0.05) is 47.5 Å². The average Bonchev–Trinajstić information content (AvgIpc) is 3.44. The van der Waals surface area contributed by atoms with Crippen LogP contribution >= 0.6 is 23.2 Å². The molecule has 4 aromatic rings. The lowest BCUT2D eigenvalue weighted by Gasteiger charge is -2.45. The Morgan fingerprint density at radius 1 is 1.05 bits per heavy atom. The van der Waals surface area contributed by atoms with E-state index >= 15 is 0 Å². The van der Waals surface area contributed by atoms with Crippen molar-refractivity contribution in [3.05, 3.63) is 112 Å². The van der Waals surface area contributed by atoms with E-state index in [-0.39, 0.29) is 6.04 Å². The lowest BCUT2D eigenvalue weighted by atomic mass is 9.93. The molecule has 0 spiro atoms. The molecule has 1 aliphatic rings. The fraction of sp³-hybridized carbons (Fsp3) is 0.241. The van der Waals surface area contributed by atoms with Crippen molar-refractivity contribution in [1.82, 2.24) is 14.5 Å². The van der Waals surface area contributed by atoms with E-state index in [1.54, 1.807) is 24.7 Å². The molecule has 1 aliphatic heterocycles. The highest BCUT2D eigenvalue weighted by atomic mass is 35.5. The van der Waals surface area contributed by atoms with Gasteiger partial charge in [-0.3, -0.25) is 4.90 Å². The summed E-state index contributed by atoms with van der Waals surface area (Å²) >= 11 is 12.8. The lowest BCUT2D eigenvalue weighted by molar-refractivity contribution is 0.0103. The molecule has 0 aliphatic carbocycles. The second kappa shape index (κ2) is 10.6. The van der Waals surface area contributed by atoms with Crippen LogP contribution in [0.5, 0.6) is 0 Å². The minimum Gasteiger partial charge on any atom is -0.384 e. The molecule has 188 valence electrons. The Morgan fingerprint density at radius 2 is 1.81 bits per heavy atom. The number of anilines is 1. The van der Waals surface area contributed by atoms with Gasteiger partial charge >= 0.3 is 0 Å². The van der Waals surface area contributed by atoms with Crippen LogP contribution < -0.4 is 4.90 Å². The molecule has 1 saturated heterocycles. The zero-order chi connectivity index (χ0) is 26.0. The summed E-state index contributed by atoms with van der Waals surface area (Å²) in [7, 11) is 0. The van der Waals surface area contributed by atoms with Crippen molar-refractivity contribution in [2.75, 3.05) is 31.1 Å². The molecule has 2 heterocycles. The number of hydrogen-bond donors (Lipinski definition) is 1. The standard InChI is InChI=1S/C29H27Cl2N5O/c1-29(37,23-5-9-25(10-6-23)35-13-12-33-20-35)19-34-14-15-36(27-11-2-21(17-32)16-26(27)31)28(18-34)22-3-7-24(30)8-4-22/h2-13,16,20,28,37H,14-15,18-19H2,1H3/t28-,29?/m0/s1. The number of nitrogens with zero attached hydrogens (tertiary/aromatic N) is 5. The predicted molar refractivity (Wildman–Crippen MR) is 147 cm³/mol. The van der Waals surface area contributed by atoms with Crippen molar-refractivity contribution in [1.29, 1.82) is 5.26 Å². The van der Waals surface area contributed by atoms with Gasteiger partial charge in [-0.15, -0.1) is 0 Å². The maximum absolute atomic E-state index is 11.5. The monoisotopic (exact) mass is 531 g/mol. The van der Waals surface area contributed by atoms with E-state index in [9.17, 15) is 10.4 Å². The Balaban J connectivity index is 1.38. The molecular formula is C29H27Cl2N5O. The number of benzene rings is 3. The number of nitriles is 1. The number of halogens is 2. The van der Waals surface area contributed by atoms with Crippen LogP contribution in [-0.4, -0.2) is 45.7 Å². The zero-order valence-corrected chi connectivity index (χ0v) is 21.9. The first kappa shape index (κ1) is 25.3.